The molecule has 1 aromatic rings. The zero-order valence-corrected chi connectivity index (χ0v) is 13.3. The Morgan fingerprint density at radius 1 is 1.19 bits per heavy atom. The molecule has 0 aromatic heterocycles. The summed E-state index contributed by atoms with van der Waals surface area (Å²) in [5.74, 6) is 1.86. The Morgan fingerprint density at radius 3 is 2.71 bits per heavy atom. The van der Waals surface area contributed by atoms with Crippen molar-refractivity contribution >= 4 is 0 Å². The van der Waals surface area contributed by atoms with Gasteiger partial charge in [-0.05, 0) is 51.1 Å². The first kappa shape index (κ1) is 14.9. The number of nitrogens with two attached hydrogens (primary N) is 1. The predicted octanol–water partition coefficient (Wildman–Crippen LogP) is 3.35. The molecule has 2 N–H and O–H groups in total. The molecule has 1 aliphatic heterocycles. The van der Waals surface area contributed by atoms with Gasteiger partial charge in [-0.15, -0.1) is 0 Å². The van der Waals surface area contributed by atoms with E-state index in [9.17, 15) is 0 Å². The van der Waals surface area contributed by atoms with E-state index in [1.54, 1.807) is 7.11 Å². The Bertz CT molecular complexity index is 474. The van der Waals surface area contributed by atoms with Crippen molar-refractivity contribution in [3.8, 4) is 5.75 Å². The quantitative estimate of drug-likeness (QED) is 0.923. The number of piperidine rings is 1. The molecule has 1 saturated carbocycles. The average molecular weight is 288 g/mol. The lowest BCUT2D eigenvalue weighted by molar-refractivity contribution is 0.0560. The number of nitrogens with zero attached hydrogens (tertiary/aromatic N) is 1. The van der Waals surface area contributed by atoms with Crippen LogP contribution in [0.1, 0.15) is 50.6 Å². The van der Waals surface area contributed by atoms with E-state index >= 15 is 0 Å². The summed E-state index contributed by atoms with van der Waals surface area (Å²) in [5, 5.41) is 0. The number of benzene rings is 1. The minimum absolute atomic E-state index is 0.112. The summed E-state index contributed by atoms with van der Waals surface area (Å²) in [6.45, 7) is 3.31. The molecule has 1 aliphatic carbocycles. The van der Waals surface area contributed by atoms with Gasteiger partial charge >= 0.3 is 0 Å². The van der Waals surface area contributed by atoms with Gasteiger partial charge in [0.2, 0.25) is 0 Å². The molecule has 0 spiro atoms. The lowest BCUT2D eigenvalue weighted by atomic mass is 9.87. The van der Waals surface area contributed by atoms with Crippen LogP contribution >= 0.6 is 0 Å². The smallest absolute Gasteiger partial charge is 0.123 e. The minimum atomic E-state index is 0.112. The van der Waals surface area contributed by atoms with Gasteiger partial charge in [0.1, 0.15) is 5.75 Å². The third-order valence-electron chi connectivity index (χ3n) is 5.35. The second kappa shape index (κ2) is 6.37. The van der Waals surface area contributed by atoms with E-state index in [0.29, 0.717) is 0 Å². The SMILES string of the molecule is COc1ccccc1C(C(C)N)N1CCCC2CCCC21. The summed E-state index contributed by atoms with van der Waals surface area (Å²) in [6.07, 6.45) is 6.82. The Morgan fingerprint density at radius 2 is 1.95 bits per heavy atom. The molecule has 2 fully saturated rings. The molecule has 4 atom stereocenters. The van der Waals surface area contributed by atoms with Crippen LogP contribution in [0.5, 0.6) is 5.75 Å². The Kier molecular flexibility index (Phi) is 4.51. The molecule has 21 heavy (non-hydrogen) atoms. The molecule has 0 radical (unpaired) electrons. The van der Waals surface area contributed by atoms with Crippen molar-refractivity contribution in [2.24, 2.45) is 11.7 Å². The minimum Gasteiger partial charge on any atom is -0.496 e. The first-order valence-corrected chi connectivity index (χ1v) is 8.36. The van der Waals surface area contributed by atoms with Crippen LogP contribution in [0, 0.1) is 5.92 Å². The van der Waals surface area contributed by atoms with E-state index in [-0.39, 0.29) is 12.1 Å². The highest BCUT2D eigenvalue weighted by Gasteiger charge is 2.40. The zero-order chi connectivity index (χ0) is 14.8. The normalized spacial score (nSPS) is 28.9. The van der Waals surface area contributed by atoms with Crippen molar-refractivity contribution in [1.29, 1.82) is 0 Å². The van der Waals surface area contributed by atoms with Crippen molar-refractivity contribution in [1.82, 2.24) is 4.90 Å². The third kappa shape index (κ3) is 2.82. The van der Waals surface area contributed by atoms with Crippen molar-refractivity contribution in [3.63, 3.8) is 0 Å². The topological polar surface area (TPSA) is 38.5 Å². The molecule has 3 heteroatoms. The van der Waals surface area contributed by atoms with Crippen molar-refractivity contribution < 1.29 is 4.74 Å². The molecular formula is C18H28N2O. The highest BCUT2D eigenvalue weighted by molar-refractivity contribution is 5.37. The van der Waals surface area contributed by atoms with Crippen LogP contribution in [0.25, 0.3) is 0 Å². The van der Waals surface area contributed by atoms with Crippen molar-refractivity contribution in [3.05, 3.63) is 29.8 Å². The Balaban J connectivity index is 1.94. The molecule has 0 amide bonds. The maximum Gasteiger partial charge on any atom is 0.123 e. The number of para-hydroxylation sites is 1. The fraction of sp³-hybridized carbons (Fsp3) is 0.667. The second-order valence-electron chi connectivity index (χ2n) is 6.68. The van der Waals surface area contributed by atoms with Crippen molar-refractivity contribution in [2.75, 3.05) is 13.7 Å². The van der Waals surface area contributed by atoms with E-state index in [1.807, 2.05) is 6.07 Å². The number of hydrogen-bond acceptors (Lipinski definition) is 3. The van der Waals surface area contributed by atoms with Crippen LogP contribution in [-0.2, 0) is 0 Å². The summed E-state index contributed by atoms with van der Waals surface area (Å²) in [7, 11) is 1.76. The first-order chi connectivity index (χ1) is 10.2. The average Bonchev–Trinajstić information content (AvgIpc) is 2.97. The fourth-order valence-corrected chi connectivity index (χ4v) is 4.51. The largest absolute Gasteiger partial charge is 0.496 e. The highest BCUT2D eigenvalue weighted by atomic mass is 16.5. The summed E-state index contributed by atoms with van der Waals surface area (Å²) in [5.41, 5.74) is 7.66. The van der Waals surface area contributed by atoms with Crippen LogP contribution in [0.15, 0.2) is 24.3 Å². The molecule has 3 rings (SSSR count). The number of rotatable bonds is 4. The van der Waals surface area contributed by atoms with Gasteiger partial charge in [0.15, 0.2) is 0 Å². The van der Waals surface area contributed by atoms with E-state index in [4.69, 9.17) is 10.5 Å². The van der Waals surface area contributed by atoms with Gasteiger partial charge in [-0.2, -0.15) is 0 Å². The summed E-state index contributed by atoms with van der Waals surface area (Å²) in [4.78, 5) is 2.68. The Labute approximate surface area is 128 Å². The highest BCUT2D eigenvalue weighted by Crippen LogP contribution is 2.42. The van der Waals surface area contributed by atoms with Gasteiger partial charge in [-0.1, -0.05) is 24.6 Å². The van der Waals surface area contributed by atoms with Crippen LogP contribution in [0.4, 0.5) is 0 Å². The molecule has 1 saturated heterocycles. The van der Waals surface area contributed by atoms with Gasteiger partial charge < -0.3 is 10.5 Å². The number of methoxy groups -OCH3 is 1. The van der Waals surface area contributed by atoms with Crippen molar-refractivity contribution in [2.45, 2.75) is 57.2 Å². The molecule has 3 nitrogen and oxygen atoms in total. The second-order valence-corrected chi connectivity index (χ2v) is 6.68. The predicted molar refractivity (Wildman–Crippen MR) is 86.5 cm³/mol. The van der Waals surface area contributed by atoms with Crippen LogP contribution < -0.4 is 10.5 Å². The maximum atomic E-state index is 6.41. The zero-order valence-electron chi connectivity index (χ0n) is 13.3. The van der Waals surface area contributed by atoms with E-state index in [0.717, 1.165) is 17.7 Å². The Hall–Kier alpha value is -1.06. The summed E-state index contributed by atoms with van der Waals surface area (Å²) < 4.78 is 5.60. The number of ether oxygens (including phenoxy) is 1. The van der Waals surface area contributed by atoms with E-state index in [2.05, 4.69) is 30.0 Å². The molecule has 4 unspecified atom stereocenters. The molecule has 0 bridgehead atoms. The summed E-state index contributed by atoms with van der Waals surface area (Å²) in [6, 6.07) is 9.48. The number of fused-ring (bicyclic) bond motifs is 1. The molecule has 1 aromatic carbocycles. The molecule has 116 valence electrons. The lowest BCUT2D eigenvalue weighted by Gasteiger charge is -2.44. The van der Waals surface area contributed by atoms with Crippen LogP contribution in [0.3, 0.4) is 0 Å². The maximum absolute atomic E-state index is 6.41. The number of likely N-dealkylation sites (tertiary alicyclic amines) is 1. The number of hydrogen-bond donors (Lipinski definition) is 1. The van der Waals surface area contributed by atoms with Crippen LogP contribution in [0.2, 0.25) is 0 Å². The van der Waals surface area contributed by atoms with Crippen LogP contribution in [-0.4, -0.2) is 30.6 Å². The van der Waals surface area contributed by atoms with Gasteiger partial charge in [0, 0.05) is 17.6 Å². The lowest BCUT2D eigenvalue weighted by Crippen LogP contribution is -2.49. The summed E-state index contributed by atoms with van der Waals surface area (Å²) >= 11 is 0. The first-order valence-electron chi connectivity index (χ1n) is 8.36. The molecule has 1 heterocycles. The fourth-order valence-electron chi connectivity index (χ4n) is 4.51. The van der Waals surface area contributed by atoms with Gasteiger partial charge in [0.25, 0.3) is 0 Å². The monoisotopic (exact) mass is 288 g/mol. The van der Waals surface area contributed by atoms with Gasteiger partial charge in [-0.3, -0.25) is 4.90 Å². The van der Waals surface area contributed by atoms with E-state index < -0.39 is 0 Å². The molecular weight excluding hydrogens is 260 g/mol. The standard InChI is InChI=1S/C18H28N2O/c1-13(19)18(15-9-3-4-11-17(15)21-2)20-12-6-8-14-7-5-10-16(14)20/h3-4,9,11,13-14,16,18H,5-8,10,12,19H2,1-2H3. The van der Waals surface area contributed by atoms with E-state index in [1.165, 1.54) is 44.2 Å². The molecule has 2 aliphatic rings. The third-order valence-corrected chi connectivity index (χ3v) is 5.35. The van der Waals surface area contributed by atoms with Gasteiger partial charge in [0.05, 0.1) is 13.2 Å². The van der Waals surface area contributed by atoms with Gasteiger partial charge in [-0.25, -0.2) is 0 Å².